The van der Waals surface area contributed by atoms with Gasteiger partial charge in [0.15, 0.2) is 5.70 Å². The van der Waals surface area contributed by atoms with Crippen LogP contribution in [0.1, 0.15) is 9.75 Å². The second-order valence-corrected chi connectivity index (χ2v) is 7.00. The highest BCUT2D eigenvalue weighted by Gasteiger charge is 2.27. The molecule has 0 saturated heterocycles. The highest BCUT2D eigenvalue weighted by molar-refractivity contribution is 7.21. The van der Waals surface area contributed by atoms with Crippen LogP contribution in [0.25, 0.3) is 16.2 Å². The lowest BCUT2D eigenvalue weighted by Gasteiger charge is -1.95. The summed E-state index contributed by atoms with van der Waals surface area (Å²) in [5.41, 5.74) is 0.297. The van der Waals surface area contributed by atoms with Crippen LogP contribution in [0.2, 0.25) is 5.02 Å². The van der Waals surface area contributed by atoms with Crippen LogP contribution < -0.4 is 0 Å². The van der Waals surface area contributed by atoms with E-state index in [1.807, 2.05) is 41.8 Å². The minimum Gasteiger partial charge on any atom is -0.401 e. The number of hydrogen-bond acceptors (Lipinski definition) is 5. The molecule has 0 amide bonds. The molecule has 6 heteroatoms. The molecule has 0 fully saturated rings. The highest BCUT2D eigenvalue weighted by atomic mass is 35.5. The minimum absolute atomic E-state index is 0.277. The van der Waals surface area contributed by atoms with E-state index < -0.39 is 5.97 Å². The third-order valence-electron chi connectivity index (χ3n) is 3.17. The van der Waals surface area contributed by atoms with Crippen LogP contribution in [0.3, 0.4) is 0 Å². The molecule has 22 heavy (non-hydrogen) atoms. The van der Waals surface area contributed by atoms with Gasteiger partial charge in [-0.05, 0) is 23.6 Å². The van der Waals surface area contributed by atoms with Crippen molar-refractivity contribution in [3.63, 3.8) is 0 Å². The Balaban J connectivity index is 1.79. The Morgan fingerprint density at radius 3 is 2.82 bits per heavy atom. The van der Waals surface area contributed by atoms with Gasteiger partial charge in [-0.15, -0.1) is 22.7 Å². The van der Waals surface area contributed by atoms with Crippen molar-refractivity contribution in [1.29, 1.82) is 0 Å². The molecule has 3 nitrogen and oxygen atoms in total. The van der Waals surface area contributed by atoms with Gasteiger partial charge in [-0.3, -0.25) is 0 Å². The smallest absolute Gasteiger partial charge is 0.363 e. The van der Waals surface area contributed by atoms with Crippen molar-refractivity contribution >= 4 is 62.3 Å². The summed E-state index contributed by atoms with van der Waals surface area (Å²) >= 11 is 9.40. The third kappa shape index (κ3) is 2.27. The Kier molecular flexibility index (Phi) is 3.33. The Morgan fingerprint density at radius 2 is 2.05 bits per heavy atom. The molecule has 0 atom stereocenters. The van der Waals surface area contributed by atoms with E-state index in [0.29, 0.717) is 15.6 Å². The third-order valence-corrected chi connectivity index (χ3v) is 5.65. The second-order valence-electron chi connectivity index (χ2n) is 4.59. The number of benzene rings is 1. The van der Waals surface area contributed by atoms with E-state index in [1.54, 1.807) is 6.08 Å². The number of rotatable bonds is 2. The number of aliphatic imine (C=N–C) groups is 1. The summed E-state index contributed by atoms with van der Waals surface area (Å²) in [6.07, 6.45) is 1.72. The van der Waals surface area contributed by atoms with E-state index in [1.165, 1.54) is 22.7 Å². The van der Waals surface area contributed by atoms with E-state index in [4.69, 9.17) is 16.3 Å². The number of hydrogen-bond donors (Lipinski definition) is 0. The average molecular weight is 346 g/mol. The summed E-state index contributed by atoms with van der Waals surface area (Å²) in [7, 11) is 0. The maximum Gasteiger partial charge on any atom is 0.363 e. The molecule has 1 aliphatic heterocycles. The first-order valence-corrected chi connectivity index (χ1v) is 8.53. The molecule has 108 valence electrons. The van der Waals surface area contributed by atoms with Crippen molar-refractivity contribution in [2.45, 2.75) is 0 Å². The summed E-state index contributed by atoms with van der Waals surface area (Å²) < 4.78 is 6.33. The van der Waals surface area contributed by atoms with Gasteiger partial charge in [0.05, 0.1) is 5.02 Å². The summed E-state index contributed by atoms with van der Waals surface area (Å²) in [4.78, 5) is 17.9. The first kappa shape index (κ1) is 13.7. The zero-order valence-corrected chi connectivity index (χ0v) is 13.5. The number of carbonyl (C=O) groups excluding carboxylic acids is 1. The molecule has 0 saturated carbocycles. The molecule has 4 rings (SSSR count). The zero-order chi connectivity index (χ0) is 15.1. The van der Waals surface area contributed by atoms with Crippen molar-refractivity contribution in [3.05, 3.63) is 62.3 Å². The molecule has 0 bridgehead atoms. The molecular formula is C16H8ClNO2S2. The summed E-state index contributed by atoms with van der Waals surface area (Å²) in [5.74, 6) is -0.170. The maximum absolute atomic E-state index is 12.0. The van der Waals surface area contributed by atoms with Crippen molar-refractivity contribution in [1.82, 2.24) is 0 Å². The van der Waals surface area contributed by atoms with E-state index >= 15 is 0 Å². The second kappa shape index (κ2) is 5.35. The molecule has 1 aliphatic rings. The first-order valence-electron chi connectivity index (χ1n) is 6.46. The topological polar surface area (TPSA) is 38.7 Å². The lowest BCUT2D eigenvalue weighted by Crippen LogP contribution is -2.03. The van der Waals surface area contributed by atoms with Gasteiger partial charge >= 0.3 is 5.97 Å². The van der Waals surface area contributed by atoms with Crippen LogP contribution in [-0.4, -0.2) is 11.9 Å². The van der Waals surface area contributed by atoms with Crippen LogP contribution in [0.4, 0.5) is 0 Å². The first-order chi connectivity index (χ1) is 10.7. The molecule has 2 aromatic heterocycles. The Labute approximate surface area is 139 Å². The van der Waals surface area contributed by atoms with Gasteiger partial charge in [0.1, 0.15) is 4.88 Å². The van der Waals surface area contributed by atoms with Crippen molar-refractivity contribution in [3.8, 4) is 0 Å². The van der Waals surface area contributed by atoms with E-state index in [0.717, 1.165) is 15.0 Å². The van der Waals surface area contributed by atoms with E-state index in [-0.39, 0.29) is 5.90 Å². The lowest BCUT2D eigenvalue weighted by molar-refractivity contribution is -0.129. The summed E-state index contributed by atoms with van der Waals surface area (Å²) in [5, 5.41) is 3.46. The minimum atomic E-state index is -0.447. The predicted octanol–water partition coefficient (Wildman–Crippen LogP) is 4.96. The lowest BCUT2D eigenvalue weighted by atomic mass is 10.2. The van der Waals surface area contributed by atoms with Gasteiger partial charge in [0, 0.05) is 15.0 Å². The van der Waals surface area contributed by atoms with E-state index in [9.17, 15) is 4.79 Å². The number of fused-ring (bicyclic) bond motifs is 1. The van der Waals surface area contributed by atoms with Gasteiger partial charge < -0.3 is 4.74 Å². The molecule has 0 aliphatic carbocycles. The summed E-state index contributed by atoms with van der Waals surface area (Å²) in [6.45, 7) is 0. The van der Waals surface area contributed by atoms with Crippen LogP contribution in [0, 0.1) is 0 Å². The quantitative estimate of drug-likeness (QED) is 0.486. The van der Waals surface area contributed by atoms with Gasteiger partial charge in [-0.2, -0.15) is 0 Å². The van der Waals surface area contributed by atoms with Gasteiger partial charge in [0.2, 0.25) is 5.90 Å². The van der Waals surface area contributed by atoms with Crippen molar-refractivity contribution in [2.75, 3.05) is 0 Å². The number of thiophene rings is 2. The molecule has 0 spiro atoms. The molecule has 3 heterocycles. The van der Waals surface area contributed by atoms with Crippen LogP contribution in [0.15, 0.2) is 52.5 Å². The number of carbonyl (C=O) groups is 1. The van der Waals surface area contributed by atoms with Crippen molar-refractivity contribution in [2.24, 2.45) is 4.99 Å². The van der Waals surface area contributed by atoms with Gasteiger partial charge in [-0.1, -0.05) is 35.9 Å². The number of halogens is 1. The van der Waals surface area contributed by atoms with Gasteiger partial charge in [-0.25, -0.2) is 9.79 Å². The fraction of sp³-hybridized carbons (Fsp3) is 0. The number of cyclic esters (lactones) is 1. The van der Waals surface area contributed by atoms with Crippen LogP contribution in [0.5, 0.6) is 0 Å². The monoisotopic (exact) mass is 345 g/mol. The Morgan fingerprint density at radius 1 is 1.18 bits per heavy atom. The Hall–Kier alpha value is -1.95. The molecular weight excluding hydrogens is 338 g/mol. The van der Waals surface area contributed by atoms with Crippen LogP contribution in [-0.2, 0) is 9.53 Å². The fourth-order valence-electron chi connectivity index (χ4n) is 2.17. The molecule has 1 aromatic carbocycles. The van der Waals surface area contributed by atoms with Crippen molar-refractivity contribution < 1.29 is 9.53 Å². The van der Waals surface area contributed by atoms with Gasteiger partial charge in [0.25, 0.3) is 0 Å². The molecule has 0 unspecified atom stereocenters. The number of esters is 1. The number of nitrogens with zero attached hydrogens (tertiary/aromatic N) is 1. The zero-order valence-electron chi connectivity index (χ0n) is 11.1. The SMILES string of the molecule is O=C1OC(c2sc3ccccc3c2Cl)=NC1=Cc1cccs1. The summed E-state index contributed by atoms with van der Waals surface area (Å²) in [6, 6.07) is 11.6. The standard InChI is InChI=1S/C16H8ClNO2S2/c17-13-10-5-1-2-6-12(10)22-14(13)15-18-11(16(19)20-15)8-9-4-3-7-21-9/h1-8H. The molecule has 0 N–H and O–H groups in total. The Bertz CT molecular complexity index is 938. The molecule has 0 radical (unpaired) electrons. The highest BCUT2D eigenvalue weighted by Crippen LogP contribution is 2.37. The number of ether oxygens (including phenoxy) is 1. The average Bonchev–Trinajstić information content (AvgIpc) is 3.22. The molecule has 3 aromatic rings. The predicted molar refractivity (Wildman–Crippen MR) is 91.8 cm³/mol. The maximum atomic E-state index is 12.0. The fourth-order valence-corrected chi connectivity index (χ4v) is 4.26. The largest absolute Gasteiger partial charge is 0.401 e. The van der Waals surface area contributed by atoms with Crippen LogP contribution >= 0.6 is 34.3 Å². The van der Waals surface area contributed by atoms with E-state index in [2.05, 4.69) is 4.99 Å². The normalized spacial score (nSPS) is 16.3.